The van der Waals surface area contributed by atoms with E-state index in [0.717, 1.165) is 67.2 Å². The second-order valence-electron chi connectivity index (χ2n) is 15.5. The van der Waals surface area contributed by atoms with Crippen LogP contribution in [-0.2, 0) is 0 Å². The van der Waals surface area contributed by atoms with Crippen LogP contribution in [0.5, 0.6) is 6.01 Å². The number of ether oxygens (including phenoxy) is 1. The molecule has 0 radical (unpaired) electrons. The van der Waals surface area contributed by atoms with E-state index in [9.17, 15) is 0 Å². The van der Waals surface area contributed by atoms with E-state index in [0.29, 0.717) is 52.6 Å². The van der Waals surface area contributed by atoms with E-state index in [-0.39, 0.29) is 17.2 Å². The summed E-state index contributed by atoms with van der Waals surface area (Å²) < 4.78 is 23.4. The molecule has 2 aromatic heterocycles. The first-order valence-electron chi connectivity index (χ1n) is 18.3. The zero-order valence-electron chi connectivity index (χ0n) is 30.2. The van der Waals surface area contributed by atoms with Crippen molar-refractivity contribution in [2.24, 2.45) is 0 Å². The zero-order valence-corrected chi connectivity index (χ0v) is 31.2. The second kappa shape index (κ2) is 13.6. The Morgan fingerprint density at radius 1 is 0.959 bits per heavy atom. The highest BCUT2D eigenvalue weighted by molar-refractivity contribution is 6.90. The van der Waals surface area contributed by atoms with Gasteiger partial charge in [-0.15, -0.1) is 5.54 Å². The number of nitrogens with zero attached hydrogens (tertiary/aromatic N) is 5. The molecule has 2 aromatic carbocycles. The quantitative estimate of drug-likeness (QED) is 0.150. The van der Waals surface area contributed by atoms with Crippen LogP contribution in [0.1, 0.15) is 72.8 Å². The molecule has 2 bridgehead atoms. The molecular formula is C40H51FN6OSi. The minimum Gasteiger partial charge on any atom is -0.462 e. The number of aromatic nitrogens is 3. The Hall–Kier alpha value is -3.58. The summed E-state index contributed by atoms with van der Waals surface area (Å²) >= 11 is 0. The molecule has 3 fully saturated rings. The van der Waals surface area contributed by atoms with Crippen LogP contribution < -0.4 is 15.0 Å². The van der Waals surface area contributed by atoms with Crippen LogP contribution in [0.4, 0.5) is 10.2 Å². The number of likely N-dealkylation sites (N-methyl/N-ethyl adjacent to an activating group) is 1. The standard InChI is InChI=1S/C40H51FN6OSi/c1-25(2)49(26(3)4,27(5)6)20-18-29-12-8-11-28-13-9-15-33(35(28)29)37-36(41)38-34(21-42-37)39(47-22-30-16-17-31(23-47)43-30)45-40(44-38)48-24-32-14-10-19-46(32)7/h8-9,11-13,15,21,25-27,30-32,43H,10,14,16-17,19,22-24H2,1-7H3/t30-,31+,32-/m0/s1. The number of halogens is 1. The summed E-state index contributed by atoms with van der Waals surface area (Å²) in [7, 11) is 0.134. The Morgan fingerprint density at radius 2 is 1.65 bits per heavy atom. The van der Waals surface area contributed by atoms with Gasteiger partial charge in [-0.25, -0.2) is 4.39 Å². The van der Waals surface area contributed by atoms with Crippen molar-refractivity contribution >= 4 is 35.6 Å². The number of piperazine rings is 1. The summed E-state index contributed by atoms with van der Waals surface area (Å²) in [6.45, 7) is 17.1. The Kier molecular flexibility index (Phi) is 9.42. The molecule has 3 saturated heterocycles. The predicted octanol–water partition coefficient (Wildman–Crippen LogP) is 7.97. The van der Waals surface area contributed by atoms with Crippen LogP contribution in [0.25, 0.3) is 32.9 Å². The average molecular weight is 679 g/mol. The molecule has 0 spiro atoms. The van der Waals surface area contributed by atoms with Crippen LogP contribution in [0.2, 0.25) is 16.6 Å². The molecule has 0 amide bonds. The minimum absolute atomic E-state index is 0.228. The lowest BCUT2D eigenvalue weighted by Crippen LogP contribution is -2.51. The van der Waals surface area contributed by atoms with Gasteiger partial charge in [-0.1, -0.05) is 77.8 Å². The molecule has 9 heteroatoms. The molecule has 49 heavy (non-hydrogen) atoms. The third kappa shape index (κ3) is 6.21. The third-order valence-electron chi connectivity index (χ3n) is 11.7. The van der Waals surface area contributed by atoms with Gasteiger partial charge in [-0.3, -0.25) is 4.98 Å². The number of hydrogen-bond donors (Lipinski definition) is 1. The number of rotatable bonds is 8. The SMILES string of the molecule is CC(C)[Si](C#Cc1cccc2cccc(-c3ncc4c(N5C[C@H]6CC[C@@H](C5)N6)nc(OC[C@@H]5CCCN5C)nc4c3F)c12)(C(C)C)C(C)C. The van der Waals surface area contributed by atoms with E-state index in [4.69, 9.17) is 19.7 Å². The number of nitrogens with one attached hydrogen (secondary N) is 1. The van der Waals surface area contributed by atoms with E-state index in [1.165, 1.54) is 0 Å². The lowest BCUT2D eigenvalue weighted by atomic mass is 9.97. The summed E-state index contributed by atoms with van der Waals surface area (Å²) in [5.74, 6) is 3.92. The van der Waals surface area contributed by atoms with Crippen molar-refractivity contribution in [2.75, 3.05) is 38.2 Å². The van der Waals surface area contributed by atoms with Crippen LogP contribution in [0.3, 0.4) is 0 Å². The highest BCUT2D eigenvalue weighted by Crippen LogP contribution is 2.42. The van der Waals surface area contributed by atoms with E-state index >= 15 is 4.39 Å². The highest BCUT2D eigenvalue weighted by Gasteiger charge is 2.42. The van der Waals surface area contributed by atoms with Gasteiger partial charge in [-0.05, 0) is 67.4 Å². The predicted molar refractivity (Wildman–Crippen MR) is 201 cm³/mol. The molecule has 3 aliphatic rings. The van der Waals surface area contributed by atoms with Crippen molar-refractivity contribution in [3.63, 3.8) is 0 Å². The van der Waals surface area contributed by atoms with E-state index in [2.05, 4.69) is 99.4 Å². The van der Waals surface area contributed by atoms with Crippen LogP contribution in [0.15, 0.2) is 42.6 Å². The molecule has 5 heterocycles. The molecular weight excluding hydrogens is 628 g/mol. The van der Waals surface area contributed by atoms with Gasteiger partial charge >= 0.3 is 6.01 Å². The van der Waals surface area contributed by atoms with Gasteiger partial charge in [0, 0.05) is 53.9 Å². The van der Waals surface area contributed by atoms with Gasteiger partial charge in [-0.2, -0.15) is 9.97 Å². The lowest BCUT2D eigenvalue weighted by Gasteiger charge is -2.38. The number of benzene rings is 2. The monoisotopic (exact) mass is 678 g/mol. The smallest absolute Gasteiger partial charge is 0.319 e. The van der Waals surface area contributed by atoms with Crippen molar-refractivity contribution < 1.29 is 9.13 Å². The average Bonchev–Trinajstić information content (AvgIpc) is 3.65. The van der Waals surface area contributed by atoms with E-state index in [1.54, 1.807) is 6.20 Å². The second-order valence-corrected chi connectivity index (χ2v) is 21.1. The first-order chi connectivity index (χ1) is 23.6. The fraction of sp³-hybridized carbons (Fsp3) is 0.525. The van der Waals surface area contributed by atoms with Gasteiger partial charge < -0.3 is 19.9 Å². The Bertz CT molecular complexity index is 1880. The molecule has 7 rings (SSSR count). The van der Waals surface area contributed by atoms with Crippen molar-refractivity contribution in [3.05, 3.63) is 54.0 Å². The summed E-state index contributed by atoms with van der Waals surface area (Å²) in [4.78, 5) is 19.1. The third-order valence-corrected chi connectivity index (χ3v) is 18.0. The summed E-state index contributed by atoms with van der Waals surface area (Å²) in [5.41, 5.74) is 7.60. The number of hydrogen-bond acceptors (Lipinski definition) is 7. The largest absolute Gasteiger partial charge is 0.462 e. The van der Waals surface area contributed by atoms with Gasteiger partial charge in [0.25, 0.3) is 0 Å². The van der Waals surface area contributed by atoms with Gasteiger partial charge in [0.15, 0.2) is 5.82 Å². The maximum Gasteiger partial charge on any atom is 0.319 e. The van der Waals surface area contributed by atoms with Gasteiger partial charge in [0.1, 0.15) is 31.7 Å². The Balaban J connectivity index is 1.36. The van der Waals surface area contributed by atoms with Gasteiger partial charge in [0.05, 0.1) is 5.39 Å². The number of anilines is 1. The minimum atomic E-state index is -1.99. The molecule has 0 unspecified atom stereocenters. The molecule has 258 valence electrons. The van der Waals surface area contributed by atoms with Crippen LogP contribution in [-0.4, -0.2) is 79.3 Å². The van der Waals surface area contributed by atoms with Crippen LogP contribution >= 0.6 is 0 Å². The molecule has 0 aliphatic carbocycles. The summed E-state index contributed by atoms with van der Waals surface area (Å²) in [6, 6.07) is 13.5. The summed E-state index contributed by atoms with van der Waals surface area (Å²) in [5, 5.41) is 6.26. The topological polar surface area (TPSA) is 66.4 Å². The van der Waals surface area contributed by atoms with E-state index < -0.39 is 13.9 Å². The highest BCUT2D eigenvalue weighted by atomic mass is 28.3. The lowest BCUT2D eigenvalue weighted by molar-refractivity contribution is 0.188. The number of pyridine rings is 1. The molecule has 0 saturated carbocycles. The van der Waals surface area contributed by atoms with E-state index in [1.807, 2.05) is 12.1 Å². The maximum atomic E-state index is 17.1. The zero-order chi connectivity index (χ0) is 34.4. The molecule has 3 atom stereocenters. The Morgan fingerprint density at radius 3 is 2.31 bits per heavy atom. The van der Waals surface area contributed by atoms with Crippen molar-refractivity contribution in [1.29, 1.82) is 0 Å². The first kappa shape index (κ1) is 33.9. The molecule has 7 nitrogen and oxygen atoms in total. The normalized spacial score (nSPS) is 21.4. The molecule has 1 N–H and O–H groups in total. The van der Waals surface area contributed by atoms with Gasteiger partial charge in [0.2, 0.25) is 0 Å². The van der Waals surface area contributed by atoms with Crippen molar-refractivity contribution in [3.8, 4) is 28.7 Å². The fourth-order valence-corrected chi connectivity index (χ4v) is 14.3. The fourth-order valence-electron chi connectivity index (χ4n) is 9.10. The molecule has 3 aliphatic heterocycles. The van der Waals surface area contributed by atoms with Crippen LogP contribution in [0, 0.1) is 17.3 Å². The summed E-state index contributed by atoms with van der Waals surface area (Å²) in [6.07, 6.45) is 6.26. The number of likely N-dealkylation sites (tertiary alicyclic amines) is 1. The Labute approximate surface area is 292 Å². The molecule has 4 aromatic rings. The number of fused-ring (bicyclic) bond motifs is 4. The van der Waals surface area contributed by atoms with Crippen molar-refractivity contribution in [1.82, 2.24) is 25.2 Å². The van der Waals surface area contributed by atoms with Crippen molar-refractivity contribution in [2.45, 2.75) is 102 Å². The first-order valence-corrected chi connectivity index (χ1v) is 20.6. The maximum absolute atomic E-state index is 17.1.